The predicted octanol–water partition coefficient (Wildman–Crippen LogP) is 4.74. The van der Waals surface area contributed by atoms with Crippen molar-refractivity contribution < 1.29 is 9.90 Å². The lowest BCUT2D eigenvalue weighted by Gasteiger charge is -2.60. The molecule has 4 aliphatic carbocycles. The van der Waals surface area contributed by atoms with Gasteiger partial charge in [-0.15, -0.1) is 0 Å². The van der Waals surface area contributed by atoms with Crippen LogP contribution in [0.2, 0.25) is 0 Å². The number of hydrogen-bond donors (Lipinski definition) is 1. The fourth-order valence-electron chi connectivity index (χ4n) is 7.77. The molecule has 130 valence electrons. The Morgan fingerprint density at radius 2 is 1.91 bits per heavy atom. The van der Waals surface area contributed by atoms with Crippen LogP contribution in [0.4, 0.5) is 0 Å². The van der Waals surface area contributed by atoms with Gasteiger partial charge in [-0.1, -0.05) is 20.3 Å². The van der Waals surface area contributed by atoms with Crippen molar-refractivity contribution in [2.24, 2.45) is 34.5 Å². The molecule has 1 N–H and O–H groups in total. The average Bonchev–Trinajstić information content (AvgIpc) is 2.86. The van der Waals surface area contributed by atoms with Crippen LogP contribution in [-0.2, 0) is 4.79 Å². The molecule has 7 atom stereocenters. The van der Waals surface area contributed by atoms with Crippen molar-refractivity contribution in [1.29, 1.82) is 0 Å². The first-order valence-corrected chi connectivity index (χ1v) is 10.2. The SMILES string of the molecule is CCC[C@]12CC[C@H]3[C@@H](CC[C@H]4CC(=O)CC[C@@]43C)[C@@H]1CC[C@@H]2O. The zero-order chi connectivity index (χ0) is 16.2. The fourth-order valence-corrected chi connectivity index (χ4v) is 7.77. The maximum Gasteiger partial charge on any atom is 0.133 e. The molecular weight excluding hydrogens is 284 g/mol. The molecule has 0 unspecified atom stereocenters. The molecule has 0 bridgehead atoms. The summed E-state index contributed by atoms with van der Waals surface area (Å²) in [4.78, 5) is 11.9. The summed E-state index contributed by atoms with van der Waals surface area (Å²) in [5.41, 5.74) is 0.645. The van der Waals surface area contributed by atoms with E-state index in [1.807, 2.05) is 0 Å². The van der Waals surface area contributed by atoms with E-state index in [4.69, 9.17) is 0 Å². The van der Waals surface area contributed by atoms with Gasteiger partial charge in [0.05, 0.1) is 6.10 Å². The maximum absolute atomic E-state index is 11.9. The summed E-state index contributed by atoms with van der Waals surface area (Å²) >= 11 is 0. The molecule has 0 aromatic carbocycles. The average molecular weight is 319 g/mol. The summed E-state index contributed by atoms with van der Waals surface area (Å²) in [7, 11) is 0. The Morgan fingerprint density at radius 3 is 2.70 bits per heavy atom. The number of Topliss-reactive ketones (excluding diaryl/α,β-unsaturated/α-hetero) is 1. The molecule has 4 saturated carbocycles. The van der Waals surface area contributed by atoms with E-state index in [-0.39, 0.29) is 11.5 Å². The van der Waals surface area contributed by atoms with Crippen LogP contribution in [0.1, 0.15) is 84.5 Å². The Labute approximate surface area is 141 Å². The van der Waals surface area contributed by atoms with Gasteiger partial charge in [0.25, 0.3) is 0 Å². The molecule has 4 aliphatic rings. The molecule has 0 radical (unpaired) electrons. The second-order valence-corrected chi connectivity index (χ2v) is 9.51. The van der Waals surface area contributed by atoms with Crippen molar-refractivity contribution in [1.82, 2.24) is 0 Å². The minimum absolute atomic E-state index is 0.0492. The van der Waals surface area contributed by atoms with E-state index >= 15 is 0 Å². The largest absolute Gasteiger partial charge is 0.393 e. The summed E-state index contributed by atoms with van der Waals surface area (Å²) in [6.45, 7) is 4.80. The minimum Gasteiger partial charge on any atom is -0.393 e. The van der Waals surface area contributed by atoms with Gasteiger partial charge in [0.2, 0.25) is 0 Å². The lowest BCUT2D eigenvalue weighted by molar-refractivity contribution is -0.145. The van der Waals surface area contributed by atoms with Crippen LogP contribution in [-0.4, -0.2) is 17.0 Å². The summed E-state index contributed by atoms with van der Waals surface area (Å²) in [6, 6.07) is 0. The number of fused-ring (bicyclic) bond motifs is 5. The van der Waals surface area contributed by atoms with Crippen LogP contribution in [0, 0.1) is 34.5 Å². The summed E-state index contributed by atoms with van der Waals surface area (Å²) in [6.07, 6.45) is 12.6. The van der Waals surface area contributed by atoms with Crippen molar-refractivity contribution in [2.75, 3.05) is 0 Å². The normalized spacial score (nSPS) is 52.7. The van der Waals surface area contributed by atoms with E-state index in [2.05, 4.69) is 13.8 Å². The van der Waals surface area contributed by atoms with Gasteiger partial charge in [-0.2, -0.15) is 0 Å². The number of aliphatic hydroxyl groups excluding tert-OH is 1. The van der Waals surface area contributed by atoms with Gasteiger partial charge < -0.3 is 5.11 Å². The van der Waals surface area contributed by atoms with Gasteiger partial charge in [-0.3, -0.25) is 4.79 Å². The number of carbonyl (C=O) groups is 1. The third-order valence-corrected chi connectivity index (χ3v) is 8.87. The number of aliphatic hydroxyl groups is 1. The number of hydrogen-bond acceptors (Lipinski definition) is 2. The topological polar surface area (TPSA) is 37.3 Å². The smallest absolute Gasteiger partial charge is 0.133 e. The van der Waals surface area contributed by atoms with Crippen LogP contribution in [0.15, 0.2) is 0 Å². The van der Waals surface area contributed by atoms with Gasteiger partial charge in [-0.25, -0.2) is 0 Å². The number of rotatable bonds is 2. The third-order valence-electron chi connectivity index (χ3n) is 8.87. The third kappa shape index (κ3) is 2.19. The minimum atomic E-state index is -0.0492. The van der Waals surface area contributed by atoms with Gasteiger partial charge in [-0.05, 0) is 85.9 Å². The first-order valence-electron chi connectivity index (χ1n) is 10.2. The van der Waals surface area contributed by atoms with E-state index in [9.17, 15) is 9.90 Å². The van der Waals surface area contributed by atoms with E-state index in [1.54, 1.807) is 0 Å². The van der Waals surface area contributed by atoms with Crippen LogP contribution >= 0.6 is 0 Å². The van der Waals surface area contributed by atoms with Crippen LogP contribution in [0.3, 0.4) is 0 Å². The highest BCUT2D eigenvalue weighted by Gasteiger charge is 2.61. The van der Waals surface area contributed by atoms with Crippen molar-refractivity contribution in [2.45, 2.75) is 90.6 Å². The second kappa shape index (κ2) is 5.58. The van der Waals surface area contributed by atoms with E-state index in [1.165, 1.54) is 44.9 Å². The molecule has 2 nitrogen and oxygen atoms in total. The Hall–Kier alpha value is -0.370. The highest BCUT2D eigenvalue weighted by molar-refractivity contribution is 5.79. The van der Waals surface area contributed by atoms with Gasteiger partial charge >= 0.3 is 0 Å². The monoisotopic (exact) mass is 318 g/mol. The molecule has 0 aliphatic heterocycles. The molecule has 0 spiro atoms. The van der Waals surface area contributed by atoms with Crippen LogP contribution in [0.5, 0.6) is 0 Å². The zero-order valence-electron chi connectivity index (χ0n) is 15.0. The number of ketones is 1. The molecule has 0 aromatic heterocycles. The molecule has 0 heterocycles. The number of carbonyl (C=O) groups excluding carboxylic acids is 1. The predicted molar refractivity (Wildman–Crippen MR) is 92.0 cm³/mol. The van der Waals surface area contributed by atoms with Gasteiger partial charge in [0.15, 0.2) is 0 Å². The standard InChI is InChI=1S/C21H34O2/c1-3-10-21-12-9-17-16(18(21)6-7-19(21)23)5-4-14-13-15(22)8-11-20(14,17)2/h14,16-19,23H,3-13H2,1-2H3/t14-,16+,17-,18-,19-,20-,21-/m0/s1. The summed E-state index contributed by atoms with van der Waals surface area (Å²) < 4.78 is 0. The summed E-state index contributed by atoms with van der Waals surface area (Å²) in [5, 5.41) is 10.8. The Balaban J connectivity index is 1.63. The van der Waals surface area contributed by atoms with Crippen molar-refractivity contribution in [3.8, 4) is 0 Å². The Morgan fingerprint density at radius 1 is 1.09 bits per heavy atom. The molecule has 0 aromatic rings. The molecule has 0 saturated heterocycles. The Kier molecular flexibility index (Phi) is 3.91. The van der Waals surface area contributed by atoms with E-state index in [0.717, 1.165) is 43.4 Å². The molecule has 2 heteroatoms. The highest BCUT2D eigenvalue weighted by atomic mass is 16.3. The molecular formula is C21H34O2. The van der Waals surface area contributed by atoms with E-state index in [0.29, 0.717) is 17.1 Å². The lowest BCUT2D eigenvalue weighted by atomic mass is 9.44. The van der Waals surface area contributed by atoms with Gasteiger partial charge in [0.1, 0.15) is 5.78 Å². The maximum atomic E-state index is 11.9. The zero-order valence-corrected chi connectivity index (χ0v) is 15.0. The van der Waals surface area contributed by atoms with Crippen molar-refractivity contribution >= 4 is 5.78 Å². The van der Waals surface area contributed by atoms with Crippen LogP contribution in [0.25, 0.3) is 0 Å². The molecule has 0 amide bonds. The summed E-state index contributed by atoms with van der Waals surface area (Å²) in [5.74, 6) is 3.55. The quantitative estimate of drug-likeness (QED) is 0.798. The van der Waals surface area contributed by atoms with Crippen LogP contribution < -0.4 is 0 Å². The second-order valence-electron chi connectivity index (χ2n) is 9.51. The molecule has 23 heavy (non-hydrogen) atoms. The fraction of sp³-hybridized carbons (Fsp3) is 0.952. The lowest BCUT2D eigenvalue weighted by Crippen LogP contribution is -2.54. The van der Waals surface area contributed by atoms with Gasteiger partial charge in [0, 0.05) is 12.8 Å². The van der Waals surface area contributed by atoms with E-state index < -0.39 is 0 Å². The van der Waals surface area contributed by atoms with Crippen molar-refractivity contribution in [3.05, 3.63) is 0 Å². The highest BCUT2D eigenvalue weighted by Crippen LogP contribution is 2.67. The molecule has 4 fully saturated rings. The van der Waals surface area contributed by atoms with Crippen molar-refractivity contribution in [3.63, 3.8) is 0 Å². The first kappa shape index (κ1) is 16.1. The Bertz CT molecular complexity index is 486. The molecule has 4 rings (SSSR count). The first-order chi connectivity index (χ1) is 11.0.